The highest BCUT2D eigenvalue weighted by atomic mass is 19.1. The fourth-order valence-electron chi connectivity index (χ4n) is 5.55. The molecule has 35 heavy (non-hydrogen) atoms. The van der Waals surface area contributed by atoms with Gasteiger partial charge in [-0.05, 0) is 62.4 Å². The molecule has 0 bridgehead atoms. The Hall–Kier alpha value is -2.91. The largest absolute Gasteiger partial charge is 0.355 e. The molecule has 186 valence electrons. The van der Waals surface area contributed by atoms with E-state index in [1.54, 1.807) is 12.1 Å². The van der Waals surface area contributed by atoms with Gasteiger partial charge < -0.3 is 15.5 Å². The number of carbonyl (C=O) groups is 2. The quantitative estimate of drug-likeness (QED) is 0.585. The standard InChI is InChI=1S/C29H36FN3O2/c1-2-3-4-22-5-7-23(8-6-22)9-14-27(34)31-17-20-33-18-15-29(16-19-33)26(21-32-28(29)35)24-10-12-25(30)13-11-24/h5,7-8,10-13,22,26H,2-4,6,15-21H2,1H3,(H,31,34)(H,32,35)/t22?,26-/m1/s1. The number of hydrogen-bond acceptors (Lipinski definition) is 3. The zero-order valence-corrected chi connectivity index (χ0v) is 20.6. The number of nitrogens with zero attached hydrogens (tertiary/aromatic N) is 1. The van der Waals surface area contributed by atoms with Gasteiger partial charge in [0, 0.05) is 37.0 Å². The summed E-state index contributed by atoms with van der Waals surface area (Å²) in [5.41, 5.74) is 1.50. The van der Waals surface area contributed by atoms with Gasteiger partial charge in [-0.3, -0.25) is 9.59 Å². The molecular formula is C29H36FN3O2. The summed E-state index contributed by atoms with van der Waals surface area (Å²) >= 11 is 0. The van der Waals surface area contributed by atoms with Gasteiger partial charge in [-0.1, -0.05) is 56.0 Å². The SMILES string of the molecule is CCCCC1C=CC(C#CC(=O)NCCN2CCC3(CC2)C(=O)NC[C@@H]3c2ccc(F)cc2)=CC1. The Bertz CT molecular complexity index is 1030. The molecule has 6 heteroatoms. The molecule has 1 unspecified atom stereocenters. The second-order valence-corrected chi connectivity index (χ2v) is 9.97. The molecule has 2 heterocycles. The van der Waals surface area contributed by atoms with Crippen LogP contribution in [0.15, 0.2) is 48.1 Å². The monoisotopic (exact) mass is 477 g/mol. The van der Waals surface area contributed by atoms with Crippen LogP contribution in [0.4, 0.5) is 4.39 Å². The molecule has 1 spiro atoms. The predicted octanol–water partition coefficient (Wildman–Crippen LogP) is 3.93. The van der Waals surface area contributed by atoms with Crippen LogP contribution in [0, 0.1) is 29.0 Å². The molecule has 0 saturated carbocycles. The molecule has 2 N–H and O–H groups in total. The highest BCUT2D eigenvalue weighted by Gasteiger charge is 2.51. The van der Waals surface area contributed by atoms with Crippen molar-refractivity contribution in [3.8, 4) is 11.8 Å². The van der Waals surface area contributed by atoms with Crippen molar-refractivity contribution in [3.05, 3.63) is 59.4 Å². The van der Waals surface area contributed by atoms with Gasteiger partial charge in [0.1, 0.15) is 5.82 Å². The van der Waals surface area contributed by atoms with Gasteiger partial charge in [-0.25, -0.2) is 4.39 Å². The van der Waals surface area contributed by atoms with E-state index in [9.17, 15) is 14.0 Å². The van der Waals surface area contributed by atoms with Crippen molar-refractivity contribution >= 4 is 11.8 Å². The summed E-state index contributed by atoms with van der Waals surface area (Å²) < 4.78 is 13.4. The molecule has 0 radical (unpaired) electrons. The smallest absolute Gasteiger partial charge is 0.296 e. The second-order valence-electron chi connectivity index (χ2n) is 9.97. The lowest BCUT2D eigenvalue weighted by Gasteiger charge is -2.41. The van der Waals surface area contributed by atoms with Crippen molar-refractivity contribution < 1.29 is 14.0 Å². The lowest BCUT2D eigenvalue weighted by atomic mass is 9.68. The van der Waals surface area contributed by atoms with Gasteiger partial charge in [0.25, 0.3) is 5.91 Å². The number of amides is 2. The number of benzene rings is 1. The Kier molecular flexibility index (Phi) is 8.41. The lowest BCUT2D eigenvalue weighted by molar-refractivity contribution is -0.130. The first-order valence-corrected chi connectivity index (χ1v) is 12.9. The summed E-state index contributed by atoms with van der Waals surface area (Å²) in [4.78, 5) is 27.2. The number of carbonyl (C=O) groups excluding carboxylic acids is 2. The third-order valence-corrected chi connectivity index (χ3v) is 7.76. The zero-order chi connectivity index (χ0) is 24.7. The molecule has 1 aromatic carbocycles. The highest BCUT2D eigenvalue weighted by Crippen LogP contribution is 2.47. The van der Waals surface area contributed by atoms with E-state index in [0.717, 1.165) is 50.0 Å². The van der Waals surface area contributed by atoms with Crippen molar-refractivity contribution in [2.75, 3.05) is 32.7 Å². The molecule has 5 nitrogen and oxygen atoms in total. The molecule has 2 aliphatic heterocycles. The average molecular weight is 478 g/mol. The lowest BCUT2D eigenvalue weighted by Crippen LogP contribution is -2.47. The number of nitrogens with one attached hydrogen (secondary N) is 2. The van der Waals surface area contributed by atoms with Crippen LogP contribution in [0.3, 0.4) is 0 Å². The third-order valence-electron chi connectivity index (χ3n) is 7.76. The topological polar surface area (TPSA) is 61.4 Å². The van der Waals surface area contributed by atoms with Gasteiger partial charge >= 0.3 is 0 Å². The Morgan fingerprint density at radius 1 is 1.26 bits per heavy atom. The van der Waals surface area contributed by atoms with Crippen LogP contribution in [0.2, 0.25) is 0 Å². The van der Waals surface area contributed by atoms with Crippen LogP contribution in [0.5, 0.6) is 0 Å². The van der Waals surface area contributed by atoms with Crippen LogP contribution < -0.4 is 10.6 Å². The summed E-state index contributed by atoms with van der Waals surface area (Å²) in [6.07, 6.45) is 12.6. The molecule has 2 atom stereocenters. The summed E-state index contributed by atoms with van der Waals surface area (Å²) in [5, 5.41) is 5.93. The van der Waals surface area contributed by atoms with Crippen molar-refractivity contribution in [1.82, 2.24) is 15.5 Å². The molecule has 3 aliphatic rings. The Labute approximate surface area is 208 Å². The molecule has 1 aliphatic carbocycles. The third kappa shape index (κ3) is 6.21. The number of allylic oxidation sites excluding steroid dienone is 4. The van der Waals surface area contributed by atoms with Gasteiger partial charge in [-0.15, -0.1) is 0 Å². The van der Waals surface area contributed by atoms with E-state index < -0.39 is 5.41 Å². The van der Waals surface area contributed by atoms with Gasteiger partial charge in [0.2, 0.25) is 5.91 Å². The maximum Gasteiger partial charge on any atom is 0.296 e. The van der Waals surface area contributed by atoms with Crippen LogP contribution in [0.25, 0.3) is 0 Å². The summed E-state index contributed by atoms with van der Waals surface area (Å²) in [5.74, 6) is 5.94. The van der Waals surface area contributed by atoms with E-state index in [-0.39, 0.29) is 23.5 Å². The Morgan fingerprint density at radius 3 is 2.71 bits per heavy atom. The van der Waals surface area contributed by atoms with Gasteiger partial charge in [0.15, 0.2) is 0 Å². The van der Waals surface area contributed by atoms with Crippen molar-refractivity contribution in [3.63, 3.8) is 0 Å². The predicted molar refractivity (Wildman–Crippen MR) is 136 cm³/mol. The molecule has 4 rings (SSSR count). The number of hydrogen-bond donors (Lipinski definition) is 2. The maximum atomic E-state index is 13.4. The van der Waals surface area contributed by atoms with Crippen molar-refractivity contribution in [2.24, 2.45) is 11.3 Å². The molecular weight excluding hydrogens is 441 g/mol. The molecule has 2 saturated heterocycles. The van der Waals surface area contributed by atoms with E-state index >= 15 is 0 Å². The van der Waals surface area contributed by atoms with Gasteiger partial charge in [-0.2, -0.15) is 0 Å². The van der Waals surface area contributed by atoms with E-state index in [4.69, 9.17) is 0 Å². The van der Waals surface area contributed by atoms with E-state index in [1.165, 1.54) is 31.4 Å². The molecule has 1 aromatic rings. The number of halogens is 1. The normalized spacial score (nSPS) is 23.4. The average Bonchev–Trinajstić information content (AvgIpc) is 3.19. The number of unbranched alkanes of at least 4 members (excludes halogenated alkanes) is 1. The van der Waals surface area contributed by atoms with Crippen molar-refractivity contribution in [1.29, 1.82) is 0 Å². The fraction of sp³-hybridized carbons (Fsp3) is 0.517. The molecule has 2 amide bonds. The maximum absolute atomic E-state index is 13.4. The Morgan fingerprint density at radius 2 is 2.03 bits per heavy atom. The minimum Gasteiger partial charge on any atom is -0.355 e. The van der Waals surface area contributed by atoms with E-state index in [0.29, 0.717) is 19.0 Å². The summed E-state index contributed by atoms with van der Waals surface area (Å²) in [6.45, 7) is 5.66. The fourth-order valence-corrected chi connectivity index (χ4v) is 5.55. The number of likely N-dealkylation sites (tertiary alicyclic amines) is 1. The minimum atomic E-state index is -0.431. The number of piperidine rings is 1. The highest BCUT2D eigenvalue weighted by molar-refractivity contribution is 5.94. The van der Waals surface area contributed by atoms with Crippen LogP contribution in [-0.4, -0.2) is 49.4 Å². The van der Waals surface area contributed by atoms with Gasteiger partial charge in [0.05, 0.1) is 5.41 Å². The molecule has 0 aromatic heterocycles. The van der Waals surface area contributed by atoms with Crippen LogP contribution in [0.1, 0.15) is 56.9 Å². The van der Waals surface area contributed by atoms with E-state index in [2.05, 4.69) is 46.5 Å². The zero-order valence-electron chi connectivity index (χ0n) is 20.6. The minimum absolute atomic E-state index is 0.0674. The first-order chi connectivity index (χ1) is 17.0. The summed E-state index contributed by atoms with van der Waals surface area (Å²) in [7, 11) is 0. The van der Waals surface area contributed by atoms with Crippen LogP contribution >= 0.6 is 0 Å². The van der Waals surface area contributed by atoms with E-state index in [1.807, 2.05) is 6.08 Å². The molecule has 2 fully saturated rings. The number of rotatable bonds is 7. The second kappa shape index (κ2) is 11.7. The summed E-state index contributed by atoms with van der Waals surface area (Å²) in [6, 6.07) is 6.54. The van der Waals surface area contributed by atoms with Crippen molar-refractivity contribution in [2.45, 2.75) is 51.4 Å². The first-order valence-electron chi connectivity index (χ1n) is 12.9. The Balaban J connectivity index is 1.21. The first kappa shape index (κ1) is 25.2. The van der Waals surface area contributed by atoms with Crippen LogP contribution in [-0.2, 0) is 9.59 Å².